The Morgan fingerprint density at radius 3 is 3.16 bits per heavy atom. The maximum atomic E-state index is 11.9. The lowest BCUT2D eigenvalue weighted by Crippen LogP contribution is -2.50. The lowest BCUT2D eigenvalue weighted by molar-refractivity contribution is -0.0461. The number of aromatic nitrogens is 1. The number of hydrogen-bond donors (Lipinski definition) is 1. The van der Waals surface area contributed by atoms with E-state index in [4.69, 9.17) is 4.74 Å². The molecule has 3 heterocycles. The fraction of sp³-hybridized carbons (Fsp3) is 0.571. The Hall–Kier alpha value is -1.46. The van der Waals surface area contributed by atoms with E-state index < -0.39 is 0 Å². The molecule has 5 nitrogen and oxygen atoms in total. The van der Waals surface area contributed by atoms with Gasteiger partial charge in [-0.2, -0.15) is 0 Å². The van der Waals surface area contributed by atoms with Crippen molar-refractivity contribution in [2.45, 2.75) is 25.0 Å². The number of rotatable bonds is 3. The fourth-order valence-electron chi connectivity index (χ4n) is 2.82. The number of nitrogens with zero attached hydrogens (tertiary/aromatic N) is 2. The molecule has 2 saturated heterocycles. The summed E-state index contributed by atoms with van der Waals surface area (Å²) < 4.78 is 5.81. The maximum Gasteiger partial charge on any atom is 0.251 e. The zero-order chi connectivity index (χ0) is 13.1. The molecule has 1 aromatic rings. The predicted octanol–water partition coefficient (Wildman–Crippen LogP) is 0.675. The minimum Gasteiger partial charge on any atom is -0.373 e. The first-order chi connectivity index (χ1) is 9.33. The average Bonchev–Trinajstić information content (AvgIpc) is 2.93. The zero-order valence-electron chi connectivity index (χ0n) is 10.9. The van der Waals surface area contributed by atoms with E-state index in [1.54, 1.807) is 24.5 Å². The van der Waals surface area contributed by atoms with Crippen molar-refractivity contribution in [3.63, 3.8) is 0 Å². The van der Waals surface area contributed by atoms with Gasteiger partial charge in [0, 0.05) is 37.1 Å². The van der Waals surface area contributed by atoms with Crippen molar-refractivity contribution in [1.82, 2.24) is 15.2 Å². The zero-order valence-corrected chi connectivity index (χ0v) is 10.9. The van der Waals surface area contributed by atoms with Gasteiger partial charge in [-0.15, -0.1) is 0 Å². The minimum atomic E-state index is -0.0606. The highest BCUT2D eigenvalue weighted by Crippen LogP contribution is 2.22. The van der Waals surface area contributed by atoms with Crippen molar-refractivity contribution in [1.29, 1.82) is 0 Å². The Balaban J connectivity index is 1.49. The van der Waals surface area contributed by atoms with Crippen LogP contribution in [0.4, 0.5) is 0 Å². The van der Waals surface area contributed by atoms with Gasteiger partial charge in [-0.05, 0) is 31.5 Å². The summed E-state index contributed by atoms with van der Waals surface area (Å²) >= 11 is 0. The molecule has 0 radical (unpaired) electrons. The monoisotopic (exact) mass is 261 g/mol. The van der Waals surface area contributed by atoms with Crippen LogP contribution in [0, 0.1) is 0 Å². The summed E-state index contributed by atoms with van der Waals surface area (Å²) in [4.78, 5) is 18.3. The molecular formula is C14H19N3O2. The van der Waals surface area contributed by atoms with Gasteiger partial charge in [0.05, 0.1) is 12.7 Å². The Kier molecular flexibility index (Phi) is 3.75. The molecule has 0 aromatic carbocycles. The Bertz CT molecular complexity index is 438. The second-order valence-electron chi connectivity index (χ2n) is 5.19. The van der Waals surface area contributed by atoms with Crippen molar-refractivity contribution in [3.8, 4) is 0 Å². The molecular weight excluding hydrogens is 242 g/mol. The number of fused-ring (bicyclic) bond motifs is 1. The summed E-state index contributed by atoms with van der Waals surface area (Å²) in [5, 5.41) is 2.93. The van der Waals surface area contributed by atoms with Crippen LogP contribution < -0.4 is 5.32 Å². The summed E-state index contributed by atoms with van der Waals surface area (Å²) in [7, 11) is 0. The molecule has 1 N–H and O–H groups in total. The van der Waals surface area contributed by atoms with Gasteiger partial charge in [-0.3, -0.25) is 14.7 Å². The molecule has 2 fully saturated rings. The van der Waals surface area contributed by atoms with Gasteiger partial charge in [-0.25, -0.2) is 0 Å². The molecule has 102 valence electrons. The minimum absolute atomic E-state index is 0.0606. The van der Waals surface area contributed by atoms with E-state index in [1.807, 2.05) is 0 Å². The number of carbonyl (C=O) groups excluding carboxylic acids is 1. The normalized spacial score (nSPS) is 26.9. The van der Waals surface area contributed by atoms with E-state index in [9.17, 15) is 4.79 Å². The quantitative estimate of drug-likeness (QED) is 0.869. The van der Waals surface area contributed by atoms with Crippen LogP contribution in [0.25, 0.3) is 0 Å². The first-order valence-electron chi connectivity index (χ1n) is 6.87. The lowest BCUT2D eigenvalue weighted by Gasteiger charge is -2.35. The smallest absolute Gasteiger partial charge is 0.251 e. The highest BCUT2D eigenvalue weighted by Gasteiger charge is 2.32. The van der Waals surface area contributed by atoms with Crippen molar-refractivity contribution in [3.05, 3.63) is 30.1 Å². The SMILES string of the molecule is O=C(NC[C@@H]1CN2CCC[C@@H]2CO1)c1ccncc1. The van der Waals surface area contributed by atoms with Crippen LogP contribution in [0.1, 0.15) is 23.2 Å². The summed E-state index contributed by atoms with van der Waals surface area (Å²) in [6, 6.07) is 4.04. The first-order valence-corrected chi connectivity index (χ1v) is 6.87. The molecule has 0 unspecified atom stereocenters. The molecule has 2 atom stereocenters. The van der Waals surface area contributed by atoms with Gasteiger partial charge in [-0.1, -0.05) is 0 Å². The summed E-state index contributed by atoms with van der Waals surface area (Å²) in [6.45, 7) is 3.48. The van der Waals surface area contributed by atoms with Gasteiger partial charge in [0.2, 0.25) is 0 Å². The molecule has 2 aliphatic rings. The number of amides is 1. The first kappa shape index (κ1) is 12.6. The van der Waals surface area contributed by atoms with E-state index in [1.165, 1.54) is 19.4 Å². The standard InChI is InChI=1S/C14H19N3O2/c18-14(11-3-5-15-6-4-11)16-8-13-9-17-7-1-2-12(17)10-19-13/h3-6,12-13H,1-2,7-10H2,(H,16,18)/t12-,13-/m1/s1. The van der Waals surface area contributed by atoms with Crippen molar-refractivity contribution in [2.24, 2.45) is 0 Å². The molecule has 2 aliphatic heterocycles. The number of morpholine rings is 1. The second-order valence-corrected chi connectivity index (χ2v) is 5.19. The maximum absolute atomic E-state index is 11.9. The van der Waals surface area contributed by atoms with Crippen LogP contribution in [0.5, 0.6) is 0 Å². The van der Waals surface area contributed by atoms with Crippen molar-refractivity contribution < 1.29 is 9.53 Å². The van der Waals surface area contributed by atoms with Gasteiger partial charge in [0.25, 0.3) is 5.91 Å². The summed E-state index contributed by atoms with van der Waals surface area (Å²) in [5.41, 5.74) is 0.643. The molecule has 0 aliphatic carbocycles. The topological polar surface area (TPSA) is 54.5 Å². The van der Waals surface area contributed by atoms with Crippen molar-refractivity contribution >= 4 is 5.91 Å². The van der Waals surface area contributed by atoms with E-state index in [0.717, 1.165) is 13.2 Å². The summed E-state index contributed by atoms with van der Waals surface area (Å²) in [6.07, 6.45) is 5.88. The van der Waals surface area contributed by atoms with E-state index in [0.29, 0.717) is 18.2 Å². The van der Waals surface area contributed by atoms with Crippen LogP contribution >= 0.6 is 0 Å². The number of ether oxygens (including phenoxy) is 1. The highest BCUT2D eigenvalue weighted by atomic mass is 16.5. The highest BCUT2D eigenvalue weighted by molar-refractivity contribution is 5.93. The third kappa shape index (κ3) is 2.93. The van der Waals surface area contributed by atoms with Crippen LogP contribution in [0.2, 0.25) is 0 Å². The van der Waals surface area contributed by atoms with E-state index in [2.05, 4.69) is 15.2 Å². The van der Waals surface area contributed by atoms with Crippen molar-refractivity contribution in [2.75, 3.05) is 26.2 Å². The molecule has 1 amide bonds. The molecule has 1 aromatic heterocycles. The van der Waals surface area contributed by atoms with Gasteiger partial charge in [0.1, 0.15) is 0 Å². The predicted molar refractivity (Wildman–Crippen MR) is 70.9 cm³/mol. The average molecular weight is 261 g/mol. The van der Waals surface area contributed by atoms with Gasteiger partial charge >= 0.3 is 0 Å². The summed E-state index contributed by atoms with van der Waals surface area (Å²) in [5.74, 6) is -0.0606. The Morgan fingerprint density at radius 1 is 1.47 bits per heavy atom. The van der Waals surface area contributed by atoms with Crippen LogP contribution in [-0.4, -0.2) is 54.2 Å². The Labute approximate surface area is 113 Å². The molecule has 0 spiro atoms. The number of nitrogens with one attached hydrogen (secondary N) is 1. The second kappa shape index (κ2) is 5.67. The van der Waals surface area contributed by atoms with Gasteiger partial charge < -0.3 is 10.1 Å². The largest absolute Gasteiger partial charge is 0.373 e. The van der Waals surface area contributed by atoms with Crippen LogP contribution in [0.15, 0.2) is 24.5 Å². The third-order valence-electron chi connectivity index (χ3n) is 3.89. The molecule has 5 heteroatoms. The molecule has 3 rings (SSSR count). The fourth-order valence-corrected chi connectivity index (χ4v) is 2.82. The third-order valence-corrected chi connectivity index (χ3v) is 3.89. The number of carbonyl (C=O) groups is 1. The number of pyridine rings is 1. The van der Waals surface area contributed by atoms with E-state index in [-0.39, 0.29) is 12.0 Å². The molecule has 0 saturated carbocycles. The number of hydrogen-bond acceptors (Lipinski definition) is 4. The lowest BCUT2D eigenvalue weighted by atomic mass is 10.2. The van der Waals surface area contributed by atoms with Crippen LogP contribution in [-0.2, 0) is 4.74 Å². The van der Waals surface area contributed by atoms with Gasteiger partial charge in [0.15, 0.2) is 0 Å². The van der Waals surface area contributed by atoms with E-state index >= 15 is 0 Å². The molecule has 19 heavy (non-hydrogen) atoms. The molecule has 0 bridgehead atoms. The van der Waals surface area contributed by atoms with Crippen LogP contribution in [0.3, 0.4) is 0 Å². The Morgan fingerprint density at radius 2 is 2.32 bits per heavy atom.